The summed E-state index contributed by atoms with van der Waals surface area (Å²) in [6.45, 7) is 12.4. The van der Waals surface area contributed by atoms with Crippen LogP contribution in [0, 0.1) is 17.8 Å². The normalized spacial score (nSPS) is 30.9. The number of carbonyl (C=O) groups is 1. The number of carbonyl (C=O) groups excluding carboxylic acids is 1. The molecule has 3 heteroatoms. The molecule has 3 nitrogen and oxygen atoms in total. The minimum atomic E-state index is -0.436. The van der Waals surface area contributed by atoms with Gasteiger partial charge in [0.15, 0.2) is 0 Å². The summed E-state index contributed by atoms with van der Waals surface area (Å²) in [4.78, 5) is 12.7. The second-order valence-corrected chi connectivity index (χ2v) is 9.07. The molecular formula is C22H34O3. The minimum absolute atomic E-state index is 0.0549. The number of para-hydroxylation sites is 1. The minimum Gasteiger partial charge on any atom is -0.488 e. The first-order valence-electron chi connectivity index (χ1n) is 9.55. The molecule has 0 spiro atoms. The Morgan fingerprint density at radius 2 is 1.72 bits per heavy atom. The summed E-state index contributed by atoms with van der Waals surface area (Å²) in [5, 5.41) is 0. The third-order valence-corrected chi connectivity index (χ3v) is 5.01. The van der Waals surface area contributed by atoms with Gasteiger partial charge in [0.1, 0.15) is 17.0 Å². The molecule has 1 fully saturated rings. The molecule has 4 atom stereocenters. The molecule has 1 aromatic carbocycles. The molecule has 0 amide bonds. The molecule has 140 valence electrons. The molecule has 4 unspecified atom stereocenters. The van der Waals surface area contributed by atoms with Crippen LogP contribution in [0.4, 0.5) is 0 Å². The van der Waals surface area contributed by atoms with Crippen LogP contribution in [0.25, 0.3) is 0 Å². The van der Waals surface area contributed by atoms with E-state index in [1.54, 1.807) is 0 Å². The first-order valence-corrected chi connectivity index (χ1v) is 9.55. The summed E-state index contributed by atoms with van der Waals surface area (Å²) in [5.41, 5.74) is -0.699. The standard InChI is InChI=1S/C22H34O3/c1-16-12-13-19(20(23)25-21(3,4)5)17(2)15-22(6,14-16)24-18-10-8-7-9-11-18/h7-11,16-17,19H,12-15H2,1-6H3. The first kappa shape index (κ1) is 19.8. The van der Waals surface area contributed by atoms with Crippen molar-refractivity contribution in [3.05, 3.63) is 30.3 Å². The average molecular weight is 347 g/mol. The average Bonchev–Trinajstić information content (AvgIpc) is 2.44. The van der Waals surface area contributed by atoms with Gasteiger partial charge in [-0.05, 0) is 77.3 Å². The topological polar surface area (TPSA) is 35.5 Å². The van der Waals surface area contributed by atoms with Gasteiger partial charge in [-0.15, -0.1) is 0 Å². The van der Waals surface area contributed by atoms with Gasteiger partial charge < -0.3 is 9.47 Å². The van der Waals surface area contributed by atoms with Crippen molar-refractivity contribution in [1.82, 2.24) is 0 Å². The Labute approximate surface area is 153 Å². The van der Waals surface area contributed by atoms with Gasteiger partial charge in [0.05, 0.1) is 5.92 Å². The van der Waals surface area contributed by atoms with Crippen molar-refractivity contribution in [2.24, 2.45) is 17.8 Å². The molecule has 1 aliphatic carbocycles. The molecule has 0 radical (unpaired) electrons. The van der Waals surface area contributed by atoms with Gasteiger partial charge in [0.25, 0.3) is 0 Å². The van der Waals surface area contributed by atoms with E-state index < -0.39 is 5.60 Å². The van der Waals surface area contributed by atoms with E-state index in [-0.39, 0.29) is 23.4 Å². The molecule has 1 aliphatic rings. The largest absolute Gasteiger partial charge is 0.488 e. The highest BCUT2D eigenvalue weighted by Gasteiger charge is 2.39. The van der Waals surface area contributed by atoms with Crippen LogP contribution < -0.4 is 4.74 Å². The van der Waals surface area contributed by atoms with Crippen LogP contribution in [0.3, 0.4) is 0 Å². The summed E-state index contributed by atoms with van der Waals surface area (Å²) in [6.07, 6.45) is 3.80. The van der Waals surface area contributed by atoms with Crippen LogP contribution in [0.1, 0.15) is 67.2 Å². The lowest BCUT2D eigenvalue weighted by molar-refractivity contribution is -0.163. The highest BCUT2D eigenvalue weighted by molar-refractivity contribution is 5.73. The van der Waals surface area contributed by atoms with Gasteiger partial charge >= 0.3 is 5.97 Å². The highest BCUT2D eigenvalue weighted by atomic mass is 16.6. The summed E-state index contributed by atoms with van der Waals surface area (Å²) in [5.74, 6) is 1.54. The lowest BCUT2D eigenvalue weighted by atomic mass is 9.73. The van der Waals surface area contributed by atoms with E-state index in [2.05, 4.69) is 20.8 Å². The van der Waals surface area contributed by atoms with Crippen molar-refractivity contribution >= 4 is 5.97 Å². The predicted octanol–water partition coefficient (Wildman–Crippen LogP) is 5.63. The maximum Gasteiger partial charge on any atom is 0.309 e. The SMILES string of the molecule is CC1CCC(C(=O)OC(C)(C)C)C(C)CC(C)(Oc2ccccc2)C1. The number of hydrogen-bond acceptors (Lipinski definition) is 3. The van der Waals surface area contributed by atoms with Crippen molar-refractivity contribution in [2.45, 2.75) is 78.4 Å². The van der Waals surface area contributed by atoms with Crippen LogP contribution >= 0.6 is 0 Å². The second kappa shape index (κ2) is 7.80. The van der Waals surface area contributed by atoms with Crippen molar-refractivity contribution < 1.29 is 14.3 Å². The smallest absolute Gasteiger partial charge is 0.309 e. The Hall–Kier alpha value is -1.51. The third-order valence-electron chi connectivity index (χ3n) is 5.01. The van der Waals surface area contributed by atoms with Gasteiger partial charge in [-0.1, -0.05) is 32.0 Å². The van der Waals surface area contributed by atoms with Gasteiger partial charge in [0, 0.05) is 0 Å². The second-order valence-electron chi connectivity index (χ2n) is 9.07. The van der Waals surface area contributed by atoms with E-state index in [4.69, 9.17) is 9.47 Å². The fourth-order valence-corrected chi connectivity index (χ4v) is 4.08. The lowest BCUT2D eigenvalue weighted by Gasteiger charge is -2.40. The molecule has 25 heavy (non-hydrogen) atoms. The molecule has 1 aromatic rings. The maximum atomic E-state index is 12.7. The van der Waals surface area contributed by atoms with Crippen molar-refractivity contribution in [3.63, 3.8) is 0 Å². The fourth-order valence-electron chi connectivity index (χ4n) is 4.08. The Bertz CT molecular complexity index is 560. The third kappa shape index (κ3) is 6.05. The van der Waals surface area contributed by atoms with Crippen molar-refractivity contribution in [1.29, 1.82) is 0 Å². The van der Waals surface area contributed by atoms with Gasteiger partial charge in [-0.2, -0.15) is 0 Å². The molecule has 0 bridgehead atoms. The van der Waals surface area contributed by atoms with E-state index in [1.165, 1.54) is 0 Å². The van der Waals surface area contributed by atoms with Gasteiger partial charge in [0.2, 0.25) is 0 Å². The van der Waals surface area contributed by atoms with Crippen molar-refractivity contribution in [2.75, 3.05) is 0 Å². The Balaban J connectivity index is 2.15. The van der Waals surface area contributed by atoms with Crippen LogP contribution in [0.5, 0.6) is 5.75 Å². The molecule has 1 saturated carbocycles. The van der Waals surface area contributed by atoms with Crippen LogP contribution in [-0.4, -0.2) is 17.2 Å². The number of hydrogen-bond donors (Lipinski definition) is 0. The summed E-state index contributed by atoms with van der Waals surface area (Å²) < 4.78 is 12.1. The van der Waals surface area contributed by atoms with Crippen LogP contribution in [0.2, 0.25) is 0 Å². The molecule has 0 N–H and O–H groups in total. The van der Waals surface area contributed by atoms with E-state index in [1.807, 2.05) is 51.1 Å². The lowest BCUT2D eigenvalue weighted by Crippen LogP contribution is -2.42. The molecule has 2 rings (SSSR count). The Morgan fingerprint density at radius 1 is 1.08 bits per heavy atom. The zero-order valence-corrected chi connectivity index (χ0v) is 16.7. The Morgan fingerprint density at radius 3 is 2.32 bits per heavy atom. The summed E-state index contributed by atoms with van der Waals surface area (Å²) >= 11 is 0. The molecular weight excluding hydrogens is 312 g/mol. The highest BCUT2D eigenvalue weighted by Crippen LogP contribution is 2.39. The summed E-state index contributed by atoms with van der Waals surface area (Å²) in [6, 6.07) is 10.0. The van der Waals surface area contributed by atoms with Gasteiger partial charge in [-0.25, -0.2) is 0 Å². The zero-order valence-electron chi connectivity index (χ0n) is 16.7. The van der Waals surface area contributed by atoms with E-state index >= 15 is 0 Å². The predicted molar refractivity (Wildman–Crippen MR) is 102 cm³/mol. The first-order chi connectivity index (χ1) is 11.6. The van der Waals surface area contributed by atoms with E-state index in [9.17, 15) is 4.79 Å². The maximum absolute atomic E-state index is 12.7. The monoisotopic (exact) mass is 346 g/mol. The number of esters is 1. The number of benzene rings is 1. The summed E-state index contributed by atoms with van der Waals surface area (Å²) in [7, 11) is 0. The number of rotatable bonds is 3. The van der Waals surface area contributed by atoms with Crippen molar-refractivity contribution in [3.8, 4) is 5.75 Å². The molecule has 0 aromatic heterocycles. The van der Waals surface area contributed by atoms with E-state index in [0.29, 0.717) is 5.92 Å². The Kier molecular flexibility index (Phi) is 6.18. The quantitative estimate of drug-likeness (QED) is 0.666. The molecule has 0 aliphatic heterocycles. The molecule has 0 saturated heterocycles. The van der Waals surface area contributed by atoms with E-state index in [0.717, 1.165) is 31.4 Å². The van der Waals surface area contributed by atoms with Crippen LogP contribution in [-0.2, 0) is 9.53 Å². The number of ether oxygens (including phenoxy) is 2. The zero-order chi connectivity index (χ0) is 18.7. The van der Waals surface area contributed by atoms with Crippen LogP contribution in [0.15, 0.2) is 30.3 Å². The molecule has 0 heterocycles. The fraction of sp³-hybridized carbons (Fsp3) is 0.682. The van der Waals surface area contributed by atoms with Gasteiger partial charge in [-0.3, -0.25) is 4.79 Å².